The van der Waals surface area contributed by atoms with Gasteiger partial charge in [0.1, 0.15) is 6.61 Å². The summed E-state index contributed by atoms with van der Waals surface area (Å²) in [5.74, 6) is 0.481. The molecule has 0 spiro atoms. The Hall–Kier alpha value is -3.20. The summed E-state index contributed by atoms with van der Waals surface area (Å²) in [6.07, 6.45) is 0.736. The van der Waals surface area contributed by atoms with Crippen LogP contribution in [0.1, 0.15) is 42.5 Å². The van der Waals surface area contributed by atoms with Crippen LogP contribution in [0.3, 0.4) is 0 Å². The molecule has 5 heterocycles. The van der Waals surface area contributed by atoms with Crippen LogP contribution in [0.2, 0.25) is 0 Å². The second-order valence-electron chi connectivity index (χ2n) is 8.43. The number of aromatic nitrogens is 2. The molecule has 0 fully saturated rings. The van der Waals surface area contributed by atoms with Crippen molar-refractivity contribution in [2.75, 3.05) is 6.79 Å². The van der Waals surface area contributed by atoms with Crippen LogP contribution in [-0.4, -0.2) is 27.2 Å². The van der Waals surface area contributed by atoms with Crippen LogP contribution in [0.5, 0.6) is 11.5 Å². The van der Waals surface area contributed by atoms with Crippen LogP contribution in [0, 0.1) is 0 Å². The largest absolute Gasteiger partial charge is 0.458 e. The molecule has 6 rings (SSSR count). The first-order valence-corrected chi connectivity index (χ1v) is 12.3. The van der Waals surface area contributed by atoms with Gasteiger partial charge in [-0.15, -0.1) is 0 Å². The topological polar surface area (TPSA) is 126 Å². The Kier molecular flexibility index (Phi) is 4.64. The summed E-state index contributed by atoms with van der Waals surface area (Å²) in [6.45, 7) is 3.93. The number of rotatable bonds is 4. The van der Waals surface area contributed by atoms with Gasteiger partial charge in [0.05, 0.1) is 29.0 Å². The lowest BCUT2D eigenvalue weighted by Crippen LogP contribution is -2.45. The van der Waals surface area contributed by atoms with E-state index in [-0.39, 0.29) is 36.5 Å². The molecule has 176 valence electrons. The van der Waals surface area contributed by atoms with Crippen molar-refractivity contribution < 1.29 is 33.0 Å². The molecule has 11 heteroatoms. The van der Waals surface area contributed by atoms with Gasteiger partial charge in [-0.05, 0) is 30.5 Å². The Morgan fingerprint density at radius 2 is 1.91 bits per heavy atom. The standard InChI is InChI=1S/C23H21N2O8P/c1-3-11-12-5-18-19(32-10-31-18)7-16(12)24-20-13(11)8-25-17(20)6-15-14(21(25)26)9-30-22(27)23(15,4-2)33-34(28)29/h5-7,34H,3-4,8-10H2,1-2H3,(H,28,29)/t23-/m0/s1. The highest BCUT2D eigenvalue weighted by molar-refractivity contribution is 7.32. The lowest BCUT2D eigenvalue weighted by atomic mass is 9.86. The van der Waals surface area contributed by atoms with Gasteiger partial charge in [-0.1, -0.05) is 13.8 Å². The van der Waals surface area contributed by atoms with Crippen molar-refractivity contribution in [1.29, 1.82) is 0 Å². The minimum atomic E-state index is -3.51. The fraction of sp³-hybridized carbons (Fsp3) is 0.348. The van der Waals surface area contributed by atoms with E-state index in [1.807, 2.05) is 19.1 Å². The molecule has 10 nitrogen and oxygen atoms in total. The zero-order valence-corrected chi connectivity index (χ0v) is 19.5. The Balaban J connectivity index is 1.63. The smallest absolute Gasteiger partial charge is 0.344 e. The number of fused-ring (bicyclic) bond motifs is 6. The third-order valence-electron chi connectivity index (χ3n) is 6.88. The maximum atomic E-state index is 13.5. The number of hydrogen-bond acceptors (Lipinski definition) is 8. The maximum Gasteiger partial charge on any atom is 0.344 e. The summed E-state index contributed by atoms with van der Waals surface area (Å²) in [5, 5.41) is 0.930. The average Bonchev–Trinajstić information content (AvgIpc) is 3.42. The van der Waals surface area contributed by atoms with Gasteiger partial charge in [-0.2, -0.15) is 0 Å². The monoisotopic (exact) mass is 484 g/mol. The zero-order valence-electron chi connectivity index (χ0n) is 18.5. The molecule has 2 atom stereocenters. The number of nitrogens with zero attached hydrogens (tertiary/aromatic N) is 2. The molecule has 1 aromatic carbocycles. The van der Waals surface area contributed by atoms with Crippen LogP contribution in [0.4, 0.5) is 0 Å². The van der Waals surface area contributed by atoms with E-state index in [1.165, 1.54) is 0 Å². The molecule has 3 aliphatic heterocycles. The highest BCUT2D eigenvalue weighted by Crippen LogP contribution is 2.46. The van der Waals surface area contributed by atoms with Crippen molar-refractivity contribution >= 4 is 25.1 Å². The molecule has 0 aliphatic carbocycles. The number of esters is 1. The highest BCUT2D eigenvalue weighted by atomic mass is 31.1. The van der Waals surface area contributed by atoms with E-state index in [4.69, 9.17) is 23.7 Å². The molecule has 0 saturated carbocycles. The summed E-state index contributed by atoms with van der Waals surface area (Å²) in [5.41, 5.74) is 2.16. The van der Waals surface area contributed by atoms with Crippen LogP contribution in [-0.2, 0) is 43.8 Å². The van der Waals surface area contributed by atoms with Crippen molar-refractivity contribution in [3.63, 3.8) is 0 Å². The van der Waals surface area contributed by atoms with Crippen LogP contribution in [0.15, 0.2) is 23.0 Å². The number of benzene rings is 1. The minimum absolute atomic E-state index is 0.0282. The highest BCUT2D eigenvalue weighted by Gasteiger charge is 2.49. The van der Waals surface area contributed by atoms with Gasteiger partial charge >= 0.3 is 14.2 Å². The summed E-state index contributed by atoms with van der Waals surface area (Å²) in [6, 6.07) is 5.43. The van der Waals surface area contributed by atoms with Crippen molar-refractivity contribution in [1.82, 2.24) is 9.55 Å². The van der Waals surface area contributed by atoms with Crippen molar-refractivity contribution in [2.45, 2.75) is 45.4 Å². The number of carbonyl (C=O) groups is 1. The first-order valence-electron chi connectivity index (χ1n) is 11.0. The van der Waals surface area contributed by atoms with Gasteiger partial charge in [0.2, 0.25) is 6.79 Å². The molecular formula is C23H21N2O8P. The van der Waals surface area contributed by atoms with Gasteiger partial charge in [0.25, 0.3) is 5.56 Å². The molecule has 3 aliphatic rings. The summed E-state index contributed by atoms with van der Waals surface area (Å²) in [7, 11) is -3.51. The van der Waals surface area contributed by atoms with Crippen LogP contribution in [0.25, 0.3) is 22.3 Å². The molecular weight excluding hydrogens is 463 g/mol. The summed E-state index contributed by atoms with van der Waals surface area (Å²) in [4.78, 5) is 40.7. The second kappa shape index (κ2) is 7.40. The Morgan fingerprint density at radius 3 is 2.62 bits per heavy atom. The van der Waals surface area contributed by atoms with E-state index in [2.05, 4.69) is 0 Å². The van der Waals surface area contributed by atoms with E-state index in [1.54, 1.807) is 17.6 Å². The van der Waals surface area contributed by atoms with Crippen molar-refractivity contribution in [3.8, 4) is 22.9 Å². The summed E-state index contributed by atoms with van der Waals surface area (Å²) >= 11 is 0. The summed E-state index contributed by atoms with van der Waals surface area (Å²) < 4.78 is 34.8. The quantitative estimate of drug-likeness (QED) is 0.344. The first-order chi connectivity index (χ1) is 16.4. The van der Waals surface area contributed by atoms with Gasteiger partial charge in [0.15, 0.2) is 17.1 Å². The number of carbonyl (C=O) groups excluding carboxylic acids is 1. The third kappa shape index (κ3) is 2.76. The molecule has 0 bridgehead atoms. The molecule has 1 unspecified atom stereocenters. The number of pyridine rings is 2. The Morgan fingerprint density at radius 1 is 1.15 bits per heavy atom. The predicted molar refractivity (Wildman–Crippen MR) is 120 cm³/mol. The molecule has 1 N–H and O–H groups in total. The van der Waals surface area contributed by atoms with E-state index in [9.17, 15) is 19.0 Å². The van der Waals surface area contributed by atoms with Crippen LogP contribution < -0.4 is 15.0 Å². The first kappa shape index (κ1) is 21.3. The SMILES string of the molecule is CCc1c2c(nc3cc4c(cc13)OCO4)-c1cc3c(c(=O)n1C2)COC(=O)[C@@]3(CC)O[PH](=O)O. The third-order valence-corrected chi connectivity index (χ3v) is 7.41. The molecule has 0 amide bonds. The van der Waals surface area contributed by atoms with E-state index >= 15 is 0 Å². The number of hydrogen-bond donors (Lipinski definition) is 1. The Bertz CT molecular complexity index is 1500. The van der Waals surface area contributed by atoms with Gasteiger partial charge in [-0.3, -0.25) is 13.9 Å². The Labute approximate surface area is 194 Å². The molecule has 3 aromatic rings. The van der Waals surface area contributed by atoms with Crippen molar-refractivity contribution in [2.24, 2.45) is 0 Å². The van der Waals surface area contributed by atoms with E-state index in [0.717, 1.165) is 16.5 Å². The van der Waals surface area contributed by atoms with E-state index < -0.39 is 19.8 Å². The molecule has 0 saturated heterocycles. The fourth-order valence-corrected chi connectivity index (χ4v) is 5.90. The van der Waals surface area contributed by atoms with Gasteiger partial charge in [0, 0.05) is 22.6 Å². The molecule has 34 heavy (non-hydrogen) atoms. The molecule has 2 aromatic heterocycles. The van der Waals surface area contributed by atoms with E-state index in [0.29, 0.717) is 41.4 Å². The lowest BCUT2D eigenvalue weighted by molar-refractivity contribution is -0.169. The predicted octanol–water partition coefficient (Wildman–Crippen LogP) is 2.78. The normalized spacial score (nSPS) is 20.6. The minimum Gasteiger partial charge on any atom is -0.458 e. The van der Waals surface area contributed by atoms with Gasteiger partial charge < -0.3 is 23.7 Å². The van der Waals surface area contributed by atoms with Crippen LogP contribution >= 0.6 is 8.25 Å². The lowest BCUT2D eigenvalue weighted by Gasteiger charge is -2.34. The second-order valence-corrected chi connectivity index (χ2v) is 9.17. The van der Waals surface area contributed by atoms with Gasteiger partial charge in [-0.25, -0.2) is 9.78 Å². The maximum absolute atomic E-state index is 13.5. The zero-order chi connectivity index (χ0) is 23.8. The fourth-order valence-electron chi connectivity index (χ4n) is 5.26. The molecule has 0 radical (unpaired) electrons. The average molecular weight is 484 g/mol. The van der Waals surface area contributed by atoms with Crippen molar-refractivity contribution in [3.05, 3.63) is 50.8 Å². The number of aryl methyl sites for hydroxylation is 1. The number of ether oxygens (including phenoxy) is 3. The number of cyclic esters (lactones) is 1.